The Balaban J connectivity index is 0.00000124. The van der Waals surface area contributed by atoms with Gasteiger partial charge in [-0.15, -0.1) is 0 Å². The molecule has 2 N–H and O–H groups in total. The Morgan fingerprint density at radius 1 is 1.13 bits per heavy atom. The molecule has 0 atom stereocenters. The number of carbonyl (C=O) groups excluding carboxylic acids is 1. The molecule has 0 aliphatic carbocycles. The van der Waals surface area contributed by atoms with Crippen LogP contribution < -0.4 is 15.4 Å². The largest absolute Gasteiger partial charge is 0.465 e. The average molecular weight is 447 g/mol. The molecule has 3 aromatic rings. The molecule has 7 nitrogen and oxygen atoms in total. The van der Waals surface area contributed by atoms with Gasteiger partial charge in [0.1, 0.15) is 11.5 Å². The van der Waals surface area contributed by atoms with Crippen LogP contribution in [-0.4, -0.2) is 22.0 Å². The van der Waals surface area contributed by atoms with Gasteiger partial charge in [0.05, 0.1) is 11.6 Å². The van der Waals surface area contributed by atoms with E-state index < -0.39 is 5.24 Å². The van der Waals surface area contributed by atoms with E-state index in [1.54, 1.807) is 42.6 Å². The number of nitrogens with zero attached hydrogens (tertiary/aromatic N) is 2. The van der Waals surface area contributed by atoms with Crippen LogP contribution in [0.3, 0.4) is 0 Å². The van der Waals surface area contributed by atoms with Crippen molar-refractivity contribution >= 4 is 51.6 Å². The maximum atomic E-state index is 11.3. The zero-order valence-corrected chi connectivity index (χ0v) is 17.9. The van der Waals surface area contributed by atoms with Gasteiger partial charge in [0.25, 0.3) is 5.24 Å². The van der Waals surface area contributed by atoms with Crippen LogP contribution in [0.25, 0.3) is 0 Å². The summed E-state index contributed by atoms with van der Waals surface area (Å²) in [6.07, 6.45) is 1.60. The van der Waals surface area contributed by atoms with Gasteiger partial charge in [-0.3, -0.25) is 4.79 Å². The number of anilines is 4. The minimum Gasteiger partial charge on any atom is -0.465 e. The van der Waals surface area contributed by atoms with Crippen LogP contribution >= 0.6 is 23.2 Å². The van der Waals surface area contributed by atoms with Crippen LogP contribution in [0.1, 0.15) is 29.8 Å². The van der Waals surface area contributed by atoms with Crippen molar-refractivity contribution in [2.75, 3.05) is 17.4 Å². The van der Waals surface area contributed by atoms with Gasteiger partial charge < -0.3 is 20.1 Å². The highest BCUT2D eigenvalue weighted by Gasteiger charge is 2.18. The van der Waals surface area contributed by atoms with Crippen molar-refractivity contribution in [3.05, 3.63) is 64.8 Å². The standard InChI is InChI=1S/C19H14Cl2N4O3.C2H6/c20-14-5-4-12-9-27-10-28-17(12)16(14)24-15-6-7-22-19(25-15)23-13-3-1-2-11(8-13)18(21)26;1-2/h1-8H,9-10H2,(H2,22,23,24,25);1-2H3. The van der Waals surface area contributed by atoms with Crippen molar-refractivity contribution in [2.45, 2.75) is 20.5 Å². The Morgan fingerprint density at radius 2 is 1.97 bits per heavy atom. The highest BCUT2D eigenvalue weighted by Crippen LogP contribution is 2.39. The van der Waals surface area contributed by atoms with Gasteiger partial charge in [0.15, 0.2) is 12.5 Å². The third-order valence-electron chi connectivity index (χ3n) is 3.99. The predicted octanol–water partition coefficient (Wildman–Crippen LogP) is 5.89. The first-order chi connectivity index (χ1) is 14.6. The zero-order valence-electron chi connectivity index (χ0n) is 16.4. The second-order valence-electron chi connectivity index (χ2n) is 5.89. The fraction of sp³-hybridized carbons (Fsp3) is 0.190. The van der Waals surface area contributed by atoms with Crippen LogP contribution in [0.15, 0.2) is 48.7 Å². The van der Waals surface area contributed by atoms with Gasteiger partial charge in [-0.1, -0.05) is 37.6 Å². The number of nitrogens with one attached hydrogen (secondary N) is 2. The molecule has 2 aromatic carbocycles. The number of benzene rings is 2. The molecular formula is C21H20Cl2N4O3. The second-order valence-corrected chi connectivity index (χ2v) is 6.64. The lowest BCUT2D eigenvalue weighted by Gasteiger charge is -2.22. The predicted molar refractivity (Wildman–Crippen MR) is 118 cm³/mol. The van der Waals surface area contributed by atoms with E-state index in [1.807, 2.05) is 19.9 Å². The normalized spacial score (nSPS) is 12.0. The topological polar surface area (TPSA) is 85.4 Å². The smallest absolute Gasteiger partial charge is 0.252 e. The molecule has 30 heavy (non-hydrogen) atoms. The third-order valence-corrected chi connectivity index (χ3v) is 4.52. The molecule has 0 fully saturated rings. The van der Waals surface area contributed by atoms with Crippen molar-refractivity contribution in [1.29, 1.82) is 0 Å². The van der Waals surface area contributed by atoms with Crippen LogP contribution in [0.2, 0.25) is 5.02 Å². The summed E-state index contributed by atoms with van der Waals surface area (Å²) in [5.74, 6) is 1.50. The van der Waals surface area contributed by atoms with Crippen molar-refractivity contribution in [3.8, 4) is 5.75 Å². The number of aromatic nitrogens is 2. The average Bonchev–Trinajstić information content (AvgIpc) is 2.77. The maximum Gasteiger partial charge on any atom is 0.252 e. The Morgan fingerprint density at radius 3 is 2.77 bits per heavy atom. The molecule has 9 heteroatoms. The number of hydrogen-bond donors (Lipinski definition) is 2. The van der Waals surface area contributed by atoms with Crippen LogP contribution in [0.5, 0.6) is 5.75 Å². The molecule has 1 aromatic heterocycles. The molecule has 0 bridgehead atoms. The quantitative estimate of drug-likeness (QED) is 0.472. The Hall–Kier alpha value is -2.87. The number of ether oxygens (including phenoxy) is 2. The second kappa shape index (κ2) is 10.2. The molecule has 0 saturated heterocycles. The summed E-state index contributed by atoms with van der Waals surface area (Å²) >= 11 is 11.9. The SMILES string of the molecule is CC.O=C(Cl)c1cccc(Nc2nccc(Nc3c(Cl)ccc4c3OCOC4)n2)c1. The molecule has 0 spiro atoms. The summed E-state index contributed by atoms with van der Waals surface area (Å²) in [5, 5.41) is 6.19. The maximum absolute atomic E-state index is 11.3. The van der Waals surface area contributed by atoms with Gasteiger partial charge in [0.2, 0.25) is 5.95 Å². The summed E-state index contributed by atoms with van der Waals surface area (Å²) in [7, 11) is 0. The van der Waals surface area contributed by atoms with E-state index in [1.165, 1.54) is 0 Å². The lowest BCUT2D eigenvalue weighted by molar-refractivity contribution is -0.0158. The summed E-state index contributed by atoms with van der Waals surface area (Å²) < 4.78 is 10.9. The van der Waals surface area contributed by atoms with Gasteiger partial charge >= 0.3 is 0 Å². The summed E-state index contributed by atoms with van der Waals surface area (Å²) in [5.41, 5.74) is 2.53. The lowest BCUT2D eigenvalue weighted by atomic mass is 10.1. The van der Waals surface area contributed by atoms with Gasteiger partial charge in [0, 0.05) is 23.0 Å². The van der Waals surface area contributed by atoms with Gasteiger partial charge in [-0.05, 0) is 41.9 Å². The molecule has 0 unspecified atom stereocenters. The van der Waals surface area contributed by atoms with E-state index in [-0.39, 0.29) is 6.79 Å². The fourth-order valence-electron chi connectivity index (χ4n) is 2.71. The Labute approximate surface area is 184 Å². The molecule has 156 valence electrons. The first kappa shape index (κ1) is 21.8. The summed E-state index contributed by atoms with van der Waals surface area (Å²) in [6, 6.07) is 12.1. The summed E-state index contributed by atoms with van der Waals surface area (Å²) in [6.45, 7) is 4.61. The minimum atomic E-state index is -0.535. The Kier molecular flexibility index (Phi) is 7.46. The van der Waals surface area contributed by atoms with E-state index in [2.05, 4.69) is 20.6 Å². The first-order valence-corrected chi connectivity index (χ1v) is 10.0. The van der Waals surface area contributed by atoms with Crippen molar-refractivity contribution in [1.82, 2.24) is 9.97 Å². The van der Waals surface area contributed by atoms with E-state index in [9.17, 15) is 4.79 Å². The highest BCUT2D eigenvalue weighted by molar-refractivity contribution is 6.67. The monoisotopic (exact) mass is 446 g/mol. The van der Waals surface area contributed by atoms with Crippen molar-refractivity contribution in [2.24, 2.45) is 0 Å². The zero-order chi connectivity index (χ0) is 21.5. The van der Waals surface area contributed by atoms with Crippen LogP contribution in [0.4, 0.5) is 23.1 Å². The lowest BCUT2D eigenvalue weighted by Crippen LogP contribution is -2.13. The van der Waals surface area contributed by atoms with E-state index in [0.717, 1.165) is 5.56 Å². The molecule has 4 rings (SSSR count). The minimum absolute atomic E-state index is 0.161. The fourth-order valence-corrected chi connectivity index (χ4v) is 3.03. The number of halogens is 2. The number of rotatable bonds is 5. The van der Waals surface area contributed by atoms with Crippen LogP contribution in [-0.2, 0) is 11.3 Å². The molecule has 0 amide bonds. The molecular weight excluding hydrogens is 427 g/mol. The van der Waals surface area contributed by atoms with E-state index >= 15 is 0 Å². The highest BCUT2D eigenvalue weighted by atomic mass is 35.5. The molecule has 0 saturated carbocycles. The molecule has 1 aliphatic rings. The van der Waals surface area contributed by atoms with E-state index in [4.69, 9.17) is 32.7 Å². The Bertz CT molecular complexity index is 1050. The molecule has 0 radical (unpaired) electrons. The van der Waals surface area contributed by atoms with Gasteiger partial charge in [-0.2, -0.15) is 4.98 Å². The number of hydrogen-bond acceptors (Lipinski definition) is 7. The van der Waals surface area contributed by atoms with Crippen molar-refractivity contribution in [3.63, 3.8) is 0 Å². The third kappa shape index (κ3) is 5.18. The number of carbonyl (C=O) groups is 1. The van der Waals surface area contributed by atoms with Crippen LogP contribution in [0, 0.1) is 0 Å². The van der Waals surface area contributed by atoms with Gasteiger partial charge in [-0.25, -0.2) is 4.98 Å². The number of fused-ring (bicyclic) bond motifs is 1. The molecule has 1 aliphatic heterocycles. The van der Waals surface area contributed by atoms with E-state index in [0.29, 0.717) is 46.1 Å². The molecule has 2 heterocycles. The first-order valence-electron chi connectivity index (χ1n) is 9.29. The van der Waals surface area contributed by atoms with Crippen molar-refractivity contribution < 1.29 is 14.3 Å². The summed E-state index contributed by atoms with van der Waals surface area (Å²) in [4.78, 5) is 19.9.